The summed E-state index contributed by atoms with van der Waals surface area (Å²) in [5.41, 5.74) is 2.86. The molecular formula is C25H26ClN5O4. The molecule has 1 aliphatic heterocycles. The molecule has 0 radical (unpaired) electrons. The molecule has 0 saturated carbocycles. The van der Waals surface area contributed by atoms with Crippen LogP contribution in [0.1, 0.15) is 48.1 Å². The summed E-state index contributed by atoms with van der Waals surface area (Å²) >= 11 is 6.11. The van der Waals surface area contributed by atoms with Gasteiger partial charge in [-0.1, -0.05) is 23.7 Å². The average molecular weight is 496 g/mol. The number of halogens is 1. The van der Waals surface area contributed by atoms with E-state index >= 15 is 0 Å². The lowest BCUT2D eigenvalue weighted by Crippen LogP contribution is -2.31. The van der Waals surface area contributed by atoms with E-state index in [2.05, 4.69) is 20.7 Å². The Bertz CT molecular complexity index is 1250. The summed E-state index contributed by atoms with van der Waals surface area (Å²) in [5, 5.41) is 20.5. The number of anilines is 2. The van der Waals surface area contributed by atoms with Gasteiger partial charge in [0.2, 0.25) is 5.95 Å². The number of nitrogens with zero attached hydrogens (tertiary/aromatic N) is 3. The third kappa shape index (κ3) is 5.36. The van der Waals surface area contributed by atoms with E-state index < -0.39 is 12.0 Å². The number of hydrogen-bond acceptors (Lipinski definition) is 7. The van der Waals surface area contributed by atoms with Gasteiger partial charge in [0, 0.05) is 29.4 Å². The zero-order valence-electron chi connectivity index (χ0n) is 19.4. The Morgan fingerprint density at radius 1 is 1.17 bits per heavy atom. The summed E-state index contributed by atoms with van der Waals surface area (Å²) in [4.78, 5) is 30.0. The Kier molecular flexibility index (Phi) is 7.48. The van der Waals surface area contributed by atoms with Crippen LogP contribution in [0.2, 0.25) is 5.02 Å². The van der Waals surface area contributed by atoms with Crippen LogP contribution >= 0.6 is 11.6 Å². The fourth-order valence-corrected chi connectivity index (χ4v) is 4.01. The number of aliphatic hydroxyl groups is 1. The maximum Gasteiger partial charge on any atom is 0.338 e. The summed E-state index contributed by atoms with van der Waals surface area (Å²) in [6, 6.07) is 13.2. The van der Waals surface area contributed by atoms with Crippen LogP contribution in [0.5, 0.6) is 0 Å². The lowest BCUT2D eigenvalue weighted by molar-refractivity contribution is -0.113. The first-order valence-electron chi connectivity index (χ1n) is 11.3. The molecule has 2 heterocycles. The smallest absolute Gasteiger partial charge is 0.338 e. The van der Waals surface area contributed by atoms with Crippen LogP contribution in [-0.4, -0.2) is 45.0 Å². The van der Waals surface area contributed by atoms with Crippen LogP contribution in [0.25, 0.3) is 0 Å². The monoisotopic (exact) mass is 495 g/mol. The molecule has 2 aromatic carbocycles. The summed E-state index contributed by atoms with van der Waals surface area (Å²) in [6.45, 7) is 3.88. The minimum Gasteiger partial charge on any atom is -0.462 e. The molecule has 0 saturated heterocycles. The number of carbonyl (C=O) groups is 2. The first-order valence-corrected chi connectivity index (χ1v) is 11.7. The number of aliphatic hydroxyl groups excluding tert-OH is 1. The van der Waals surface area contributed by atoms with Gasteiger partial charge in [0.25, 0.3) is 5.91 Å². The van der Waals surface area contributed by atoms with Crippen molar-refractivity contribution in [3.63, 3.8) is 0 Å². The maximum atomic E-state index is 13.5. The molecule has 35 heavy (non-hydrogen) atoms. The quantitative estimate of drug-likeness (QED) is 0.405. The SMILES string of the molecule is CCOC(=O)c1ccc(NC(=O)C2=C(C)Nc3nc(CCCO)nn3[C@@H]2c2ccc(Cl)cc2)cc1. The number of aromatic nitrogens is 3. The zero-order valence-corrected chi connectivity index (χ0v) is 20.2. The number of ether oxygens (including phenoxy) is 1. The number of allylic oxidation sites excluding steroid dienone is 1. The average Bonchev–Trinajstić information content (AvgIpc) is 3.25. The van der Waals surface area contributed by atoms with E-state index in [1.807, 2.05) is 19.1 Å². The van der Waals surface area contributed by atoms with Gasteiger partial charge in [-0.2, -0.15) is 10.1 Å². The van der Waals surface area contributed by atoms with E-state index in [-0.39, 0.29) is 19.1 Å². The van der Waals surface area contributed by atoms with Gasteiger partial charge in [-0.05, 0) is 62.2 Å². The molecule has 182 valence electrons. The molecule has 0 bridgehead atoms. The summed E-state index contributed by atoms with van der Waals surface area (Å²) in [5.74, 6) is 0.353. The van der Waals surface area contributed by atoms with Crippen molar-refractivity contribution in [2.24, 2.45) is 0 Å². The van der Waals surface area contributed by atoms with Gasteiger partial charge in [-0.15, -0.1) is 0 Å². The highest BCUT2D eigenvalue weighted by molar-refractivity contribution is 6.30. The Hall–Kier alpha value is -3.69. The number of esters is 1. The highest BCUT2D eigenvalue weighted by Crippen LogP contribution is 2.36. The van der Waals surface area contributed by atoms with Crippen molar-refractivity contribution in [1.82, 2.24) is 14.8 Å². The number of carbonyl (C=O) groups excluding carboxylic acids is 2. The molecular weight excluding hydrogens is 470 g/mol. The molecule has 3 N–H and O–H groups in total. The minimum atomic E-state index is -0.544. The summed E-state index contributed by atoms with van der Waals surface area (Å²) < 4.78 is 6.69. The predicted octanol–water partition coefficient (Wildman–Crippen LogP) is 3.96. The van der Waals surface area contributed by atoms with Gasteiger partial charge < -0.3 is 20.5 Å². The molecule has 1 aliphatic rings. The zero-order chi connectivity index (χ0) is 24.9. The number of fused-ring (bicyclic) bond motifs is 1. The van der Waals surface area contributed by atoms with E-state index in [0.29, 0.717) is 52.2 Å². The van der Waals surface area contributed by atoms with Gasteiger partial charge in [-0.3, -0.25) is 4.79 Å². The lowest BCUT2D eigenvalue weighted by atomic mass is 9.95. The molecule has 1 aromatic heterocycles. The second kappa shape index (κ2) is 10.7. The third-order valence-corrected chi connectivity index (χ3v) is 5.79. The maximum absolute atomic E-state index is 13.5. The van der Waals surface area contributed by atoms with Crippen molar-refractivity contribution in [3.8, 4) is 0 Å². The van der Waals surface area contributed by atoms with Gasteiger partial charge >= 0.3 is 5.97 Å². The van der Waals surface area contributed by atoms with Crippen molar-refractivity contribution in [2.45, 2.75) is 32.7 Å². The van der Waals surface area contributed by atoms with E-state index in [4.69, 9.17) is 16.3 Å². The number of nitrogens with one attached hydrogen (secondary N) is 2. The fraction of sp³-hybridized carbons (Fsp3) is 0.280. The first-order chi connectivity index (χ1) is 16.9. The number of hydrogen-bond donors (Lipinski definition) is 3. The molecule has 0 spiro atoms. The molecule has 1 atom stereocenters. The van der Waals surface area contributed by atoms with Crippen LogP contribution in [0.3, 0.4) is 0 Å². The molecule has 0 unspecified atom stereocenters. The third-order valence-electron chi connectivity index (χ3n) is 5.54. The number of aryl methyl sites for hydroxylation is 1. The molecule has 0 fully saturated rings. The summed E-state index contributed by atoms with van der Waals surface area (Å²) in [6.07, 6.45) is 1.05. The van der Waals surface area contributed by atoms with Crippen molar-refractivity contribution >= 4 is 35.1 Å². The van der Waals surface area contributed by atoms with E-state index in [1.54, 1.807) is 48.0 Å². The van der Waals surface area contributed by atoms with Crippen LogP contribution < -0.4 is 10.6 Å². The Balaban J connectivity index is 1.66. The van der Waals surface area contributed by atoms with Crippen molar-refractivity contribution in [2.75, 3.05) is 23.8 Å². The Labute approximate surface area is 207 Å². The number of amides is 1. The highest BCUT2D eigenvalue weighted by Gasteiger charge is 2.34. The van der Waals surface area contributed by atoms with E-state index in [1.165, 1.54) is 0 Å². The van der Waals surface area contributed by atoms with Crippen molar-refractivity contribution in [3.05, 3.63) is 81.8 Å². The largest absolute Gasteiger partial charge is 0.462 e. The van der Waals surface area contributed by atoms with Gasteiger partial charge in [0.05, 0.1) is 17.7 Å². The molecule has 3 aromatic rings. The van der Waals surface area contributed by atoms with Crippen LogP contribution in [0.15, 0.2) is 59.8 Å². The molecule has 0 aliphatic carbocycles. The molecule has 9 nitrogen and oxygen atoms in total. The number of rotatable bonds is 8. The van der Waals surface area contributed by atoms with Gasteiger partial charge in [0.1, 0.15) is 6.04 Å². The Morgan fingerprint density at radius 2 is 1.89 bits per heavy atom. The number of benzene rings is 2. The topological polar surface area (TPSA) is 118 Å². The Morgan fingerprint density at radius 3 is 2.54 bits per heavy atom. The van der Waals surface area contributed by atoms with Crippen molar-refractivity contribution < 1.29 is 19.4 Å². The second-order valence-electron chi connectivity index (χ2n) is 7.99. The minimum absolute atomic E-state index is 0.0395. The normalized spacial score (nSPS) is 14.8. The predicted molar refractivity (Wildman–Crippen MR) is 132 cm³/mol. The standard InChI is InChI=1S/C25H26ClN5O4/c1-3-35-24(34)17-8-12-19(13-9-17)28-23(33)21-15(2)27-25-29-20(5-4-14-32)30-31(25)22(21)16-6-10-18(26)11-7-16/h6-13,22,32H,3-5,14H2,1-2H3,(H,28,33)(H,27,29,30)/t22-/m1/s1. The first kappa shape index (κ1) is 24.4. The van der Waals surface area contributed by atoms with E-state index in [9.17, 15) is 14.7 Å². The van der Waals surface area contributed by atoms with Crippen LogP contribution in [-0.2, 0) is 16.0 Å². The van der Waals surface area contributed by atoms with Crippen LogP contribution in [0.4, 0.5) is 11.6 Å². The summed E-state index contributed by atoms with van der Waals surface area (Å²) in [7, 11) is 0. The van der Waals surface area contributed by atoms with Crippen molar-refractivity contribution in [1.29, 1.82) is 0 Å². The highest BCUT2D eigenvalue weighted by atomic mass is 35.5. The second-order valence-corrected chi connectivity index (χ2v) is 8.43. The van der Waals surface area contributed by atoms with Gasteiger partial charge in [-0.25, -0.2) is 9.48 Å². The van der Waals surface area contributed by atoms with Crippen LogP contribution in [0, 0.1) is 0 Å². The molecule has 10 heteroatoms. The molecule has 4 rings (SSSR count). The lowest BCUT2D eigenvalue weighted by Gasteiger charge is -2.28. The fourth-order valence-electron chi connectivity index (χ4n) is 3.89. The van der Waals surface area contributed by atoms with E-state index in [0.717, 1.165) is 5.56 Å². The van der Waals surface area contributed by atoms with Gasteiger partial charge in [0.15, 0.2) is 5.82 Å². The molecule has 1 amide bonds.